The summed E-state index contributed by atoms with van der Waals surface area (Å²) < 4.78 is 31.5. The molecule has 3 N–H and O–H groups in total. The molecule has 0 saturated carbocycles. The van der Waals surface area contributed by atoms with E-state index in [1.807, 2.05) is 0 Å². The molecule has 110 valence electrons. The van der Waals surface area contributed by atoms with Gasteiger partial charge in [0.2, 0.25) is 0 Å². The van der Waals surface area contributed by atoms with Crippen molar-refractivity contribution < 1.29 is 13.2 Å². The highest BCUT2D eigenvalue weighted by Crippen LogP contribution is 2.11. The van der Waals surface area contributed by atoms with Gasteiger partial charge in [-0.15, -0.1) is 0 Å². The number of methoxy groups -OCH3 is 1. The fourth-order valence-corrected chi connectivity index (χ4v) is 2.75. The molecule has 0 amide bonds. The zero-order valence-electron chi connectivity index (χ0n) is 11.4. The molecule has 0 aliphatic rings. The van der Waals surface area contributed by atoms with E-state index in [9.17, 15) is 8.42 Å². The maximum Gasteiger partial charge on any atom is 0.257 e. The molecule has 19 heavy (non-hydrogen) atoms. The quantitative estimate of drug-likeness (QED) is 0.536. The first-order valence-electron chi connectivity index (χ1n) is 6.33. The Morgan fingerprint density at radius 2 is 2.21 bits per heavy atom. The molecular weight excluding hydrogens is 268 g/mol. The van der Waals surface area contributed by atoms with Crippen LogP contribution in [0.1, 0.15) is 25.3 Å². The van der Waals surface area contributed by atoms with Crippen molar-refractivity contribution in [2.24, 2.45) is 0 Å². The van der Waals surface area contributed by atoms with Crippen LogP contribution in [0, 0.1) is 0 Å². The Balaban J connectivity index is 2.59. The predicted octanol–water partition coefficient (Wildman–Crippen LogP) is 0.224. The molecule has 0 atom stereocenters. The van der Waals surface area contributed by atoms with Crippen LogP contribution in [0.15, 0.2) is 11.2 Å². The highest BCUT2D eigenvalue weighted by Gasteiger charge is 2.19. The van der Waals surface area contributed by atoms with E-state index in [1.165, 1.54) is 6.20 Å². The number of aromatic amines is 1. The van der Waals surface area contributed by atoms with Crippen molar-refractivity contribution in [2.45, 2.75) is 31.3 Å². The number of hydrogen-bond donors (Lipinski definition) is 3. The lowest BCUT2D eigenvalue weighted by molar-refractivity contribution is 0.196. The average molecular weight is 290 g/mol. The molecule has 0 unspecified atom stereocenters. The van der Waals surface area contributed by atoms with Crippen molar-refractivity contribution >= 4 is 10.0 Å². The van der Waals surface area contributed by atoms with Crippen LogP contribution < -0.4 is 10.0 Å². The topological polar surface area (TPSA) is 96.1 Å². The summed E-state index contributed by atoms with van der Waals surface area (Å²) in [7, 11) is -1.94. The number of nitrogens with zero attached hydrogens (tertiary/aromatic N) is 1. The highest BCUT2D eigenvalue weighted by atomic mass is 32.2. The second kappa shape index (κ2) is 8.26. The minimum absolute atomic E-state index is 0.133. The Bertz CT molecular complexity index is 458. The zero-order valence-corrected chi connectivity index (χ0v) is 12.2. The first-order valence-corrected chi connectivity index (χ1v) is 7.81. The normalized spacial score (nSPS) is 11.9. The minimum Gasteiger partial charge on any atom is -0.385 e. The summed E-state index contributed by atoms with van der Waals surface area (Å²) in [6, 6.07) is 0. The molecule has 7 nitrogen and oxygen atoms in total. The van der Waals surface area contributed by atoms with Crippen LogP contribution in [0.25, 0.3) is 0 Å². The summed E-state index contributed by atoms with van der Waals surface area (Å²) in [5.41, 5.74) is 0.646. The summed E-state index contributed by atoms with van der Waals surface area (Å²) in [4.78, 5) is 0. The van der Waals surface area contributed by atoms with E-state index in [0.29, 0.717) is 31.7 Å². The van der Waals surface area contributed by atoms with Crippen LogP contribution in [0.3, 0.4) is 0 Å². The van der Waals surface area contributed by atoms with Crippen molar-refractivity contribution in [3.63, 3.8) is 0 Å². The Hall–Kier alpha value is -0.960. The maximum atomic E-state index is 12.1. The van der Waals surface area contributed by atoms with E-state index in [-0.39, 0.29) is 5.03 Å². The van der Waals surface area contributed by atoms with Crippen LogP contribution in [0.5, 0.6) is 0 Å². The number of aromatic nitrogens is 2. The monoisotopic (exact) mass is 290 g/mol. The van der Waals surface area contributed by atoms with Crippen molar-refractivity contribution in [3.05, 3.63) is 11.8 Å². The smallest absolute Gasteiger partial charge is 0.257 e. The van der Waals surface area contributed by atoms with E-state index >= 15 is 0 Å². The second-order valence-corrected chi connectivity index (χ2v) is 5.85. The van der Waals surface area contributed by atoms with Crippen molar-refractivity contribution in [3.8, 4) is 0 Å². The van der Waals surface area contributed by atoms with Crippen LogP contribution >= 0.6 is 0 Å². The lowest BCUT2D eigenvalue weighted by Crippen LogP contribution is -2.27. The third kappa shape index (κ3) is 5.27. The lowest BCUT2D eigenvalue weighted by atomic mass is 10.3. The third-order valence-electron chi connectivity index (χ3n) is 2.51. The number of H-pyrrole nitrogens is 1. The molecule has 0 spiro atoms. The fourth-order valence-electron chi connectivity index (χ4n) is 1.55. The molecule has 0 fully saturated rings. The standard InChI is InChI=1S/C11H22N4O3S/c1-3-5-12-8-10-9-13-15-11(10)19(16,17)14-6-4-7-18-2/h9,12,14H,3-8H2,1-2H3,(H,13,15). The molecule has 0 aliphatic heterocycles. The molecule has 1 heterocycles. The molecule has 0 radical (unpaired) electrons. The zero-order chi connectivity index (χ0) is 14.1. The lowest BCUT2D eigenvalue weighted by Gasteiger charge is -2.07. The molecule has 1 rings (SSSR count). The van der Waals surface area contributed by atoms with E-state index in [2.05, 4.69) is 27.2 Å². The van der Waals surface area contributed by atoms with E-state index < -0.39 is 10.0 Å². The van der Waals surface area contributed by atoms with Crippen LogP contribution in [0.4, 0.5) is 0 Å². The molecule has 0 aromatic carbocycles. The number of rotatable bonds is 10. The first kappa shape index (κ1) is 16.1. The summed E-state index contributed by atoms with van der Waals surface area (Å²) in [6.45, 7) is 4.25. The van der Waals surface area contributed by atoms with Crippen LogP contribution in [-0.4, -0.2) is 45.4 Å². The summed E-state index contributed by atoms with van der Waals surface area (Å²) in [6.07, 6.45) is 3.16. The van der Waals surface area contributed by atoms with Gasteiger partial charge in [0.05, 0.1) is 6.20 Å². The Morgan fingerprint density at radius 1 is 1.42 bits per heavy atom. The Labute approximate surface area is 114 Å². The molecule has 1 aromatic heterocycles. The number of hydrogen-bond acceptors (Lipinski definition) is 5. The van der Waals surface area contributed by atoms with Crippen LogP contribution in [0.2, 0.25) is 0 Å². The van der Waals surface area contributed by atoms with Crippen LogP contribution in [-0.2, 0) is 21.3 Å². The van der Waals surface area contributed by atoms with Crippen molar-refractivity contribution in [2.75, 3.05) is 26.8 Å². The van der Waals surface area contributed by atoms with Crippen molar-refractivity contribution in [1.29, 1.82) is 0 Å². The largest absolute Gasteiger partial charge is 0.385 e. The first-order chi connectivity index (χ1) is 9.11. The fraction of sp³-hybridized carbons (Fsp3) is 0.727. The van der Waals surface area contributed by atoms with Gasteiger partial charge in [-0.2, -0.15) is 5.10 Å². The SMILES string of the molecule is CCCNCc1cn[nH]c1S(=O)(=O)NCCCOC. The minimum atomic E-state index is -3.53. The summed E-state index contributed by atoms with van der Waals surface area (Å²) >= 11 is 0. The molecular formula is C11H22N4O3S. The number of sulfonamides is 1. The van der Waals surface area contributed by atoms with Gasteiger partial charge in [-0.05, 0) is 19.4 Å². The molecule has 8 heteroatoms. The van der Waals surface area contributed by atoms with Gasteiger partial charge in [0, 0.05) is 32.4 Å². The third-order valence-corrected chi connectivity index (χ3v) is 3.98. The Morgan fingerprint density at radius 3 is 2.89 bits per heavy atom. The van der Waals surface area contributed by atoms with Gasteiger partial charge in [0.25, 0.3) is 10.0 Å². The maximum absolute atomic E-state index is 12.1. The van der Waals surface area contributed by atoms with Gasteiger partial charge in [-0.3, -0.25) is 5.10 Å². The predicted molar refractivity (Wildman–Crippen MR) is 72.3 cm³/mol. The average Bonchev–Trinajstić information content (AvgIpc) is 2.84. The molecule has 0 saturated heterocycles. The van der Waals surface area contributed by atoms with Crippen molar-refractivity contribution in [1.82, 2.24) is 20.2 Å². The van der Waals surface area contributed by atoms with Gasteiger partial charge in [0.1, 0.15) is 0 Å². The number of ether oxygens (including phenoxy) is 1. The van der Waals surface area contributed by atoms with Gasteiger partial charge < -0.3 is 10.1 Å². The van der Waals surface area contributed by atoms with E-state index in [4.69, 9.17) is 4.74 Å². The number of nitrogens with one attached hydrogen (secondary N) is 3. The summed E-state index contributed by atoms with van der Waals surface area (Å²) in [5, 5.41) is 9.63. The van der Waals surface area contributed by atoms with Gasteiger partial charge in [0.15, 0.2) is 5.03 Å². The van der Waals surface area contributed by atoms with Gasteiger partial charge in [-0.25, -0.2) is 13.1 Å². The Kier molecular flexibility index (Phi) is 7.00. The molecule has 0 aliphatic carbocycles. The molecule has 1 aromatic rings. The second-order valence-electron chi connectivity index (χ2n) is 4.15. The highest BCUT2D eigenvalue weighted by molar-refractivity contribution is 7.89. The van der Waals surface area contributed by atoms with E-state index in [0.717, 1.165) is 13.0 Å². The van der Waals surface area contributed by atoms with Gasteiger partial charge in [-0.1, -0.05) is 6.92 Å². The van der Waals surface area contributed by atoms with Gasteiger partial charge >= 0.3 is 0 Å². The summed E-state index contributed by atoms with van der Waals surface area (Å²) in [5.74, 6) is 0. The molecule has 0 bridgehead atoms. The van der Waals surface area contributed by atoms with E-state index in [1.54, 1.807) is 7.11 Å².